The fraction of sp³-hybridized carbons (Fsp3) is 0.636. The van der Waals surface area contributed by atoms with Crippen LogP contribution in [-0.2, 0) is 23.0 Å². The molecular formula is C22H40Cl2HfSi3-2. The Morgan fingerprint density at radius 1 is 0.786 bits per heavy atom. The van der Waals surface area contributed by atoms with Crippen molar-refractivity contribution in [2.24, 2.45) is 0 Å². The molecule has 0 aromatic heterocycles. The zero-order valence-corrected chi connectivity index (χ0v) is 27.8. The average molecular weight is 638 g/mol. The fourth-order valence-corrected chi connectivity index (χ4v) is 4.91. The molecule has 0 N–H and O–H groups in total. The maximum atomic E-state index is 3.42. The van der Waals surface area contributed by atoms with Crippen molar-refractivity contribution < 1.29 is 47.8 Å². The molecule has 0 bridgehead atoms. The summed E-state index contributed by atoms with van der Waals surface area (Å²) >= 11 is 1.45. The van der Waals surface area contributed by atoms with E-state index in [0.29, 0.717) is 0 Å². The van der Waals surface area contributed by atoms with E-state index in [1.54, 1.807) is 10.4 Å². The zero-order valence-electron chi connectivity index (χ0n) is 19.7. The molecule has 28 heavy (non-hydrogen) atoms. The minimum absolute atomic E-state index is 0. The van der Waals surface area contributed by atoms with E-state index in [2.05, 4.69) is 90.5 Å². The third kappa shape index (κ3) is 15.0. The molecule has 0 fully saturated rings. The molecule has 0 aromatic rings. The topological polar surface area (TPSA) is 0 Å². The number of hydrogen-bond donors (Lipinski definition) is 0. The van der Waals surface area contributed by atoms with Gasteiger partial charge in [0.25, 0.3) is 0 Å². The summed E-state index contributed by atoms with van der Waals surface area (Å²) in [5.74, 6) is 0. The Balaban J connectivity index is -0.000000355. The van der Waals surface area contributed by atoms with E-state index >= 15 is 0 Å². The van der Waals surface area contributed by atoms with Crippen molar-refractivity contribution in [3.05, 3.63) is 45.8 Å². The standard InChI is InChI=1S/2C10H17Si.C2H6Si.2ClH.Hf/c2*1-5-9-6-7-10(8-9)11(2,3)4;1-3-2;;;/h2*8H,5,7H2,1-4H3;1-2H3;2*1H;/q2*-1;;;;+2/p-2. The molecule has 0 atom stereocenters. The number of hydrogen-bond acceptors (Lipinski definition) is 0. The predicted molar refractivity (Wildman–Crippen MR) is 124 cm³/mol. The van der Waals surface area contributed by atoms with Crippen molar-refractivity contribution in [1.29, 1.82) is 0 Å². The van der Waals surface area contributed by atoms with Gasteiger partial charge in [-0.1, -0.05) is 66.0 Å². The Labute approximate surface area is 205 Å². The van der Waals surface area contributed by atoms with Crippen LogP contribution in [0, 0.1) is 12.2 Å². The van der Waals surface area contributed by atoms with Gasteiger partial charge in [-0.15, -0.1) is 12.8 Å². The second kappa shape index (κ2) is 15.8. The monoisotopic (exact) mass is 638 g/mol. The van der Waals surface area contributed by atoms with Crippen LogP contribution in [0.1, 0.15) is 39.5 Å². The molecule has 0 nitrogen and oxygen atoms in total. The van der Waals surface area contributed by atoms with Crippen molar-refractivity contribution in [2.45, 2.75) is 91.9 Å². The molecule has 0 heterocycles. The van der Waals surface area contributed by atoms with Gasteiger partial charge >= 0.3 is 41.6 Å². The molecule has 0 saturated carbocycles. The minimum Gasteiger partial charge on any atom is -1.00 e. The molecule has 0 aliphatic heterocycles. The van der Waals surface area contributed by atoms with E-state index in [9.17, 15) is 0 Å². The van der Waals surface area contributed by atoms with Crippen LogP contribution in [0.3, 0.4) is 0 Å². The number of halogens is 2. The quantitative estimate of drug-likeness (QED) is 0.324. The Bertz CT molecular complexity index is 552. The van der Waals surface area contributed by atoms with Crippen LogP contribution in [0.25, 0.3) is 0 Å². The first-order valence-corrected chi connectivity index (χ1v) is 24.8. The normalized spacial score (nSPS) is 15.3. The molecule has 0 radical (unpaired) electrons. The van der Waals surface area contributed by atoms with Gasteiger partial charge in [0.15, 0.2) is 0 Å². The van der Waals surface area contributed by atoms with Gasteiger partial charge in [-0.3, -0.25) is 12.2 Å². The minimum atomic E-state index is -1.00. The van der Waals surface area contributed by atoms with Gasteiger partial charge < -0.3 is 24.8 Å². The number of allylic oxidation sites excluding steroid dienone is 8. The van der Waals surface area contributed by atoms with E-state index < -0.39 is 16.1 Å². The van der Waals surface area contributed by atoms with Gasteiger partial charge in [0, 0.05) is 0 Å². The van der Waals surface area contributed by atoms with Crippen LogP contribution >= 0.6 is 0 Å². The van der Waals surface area contributed by atoms with Gasteiger partial charge in [0.05, 0.1) is 16.1 Å². The summed E-state index contributed by atoms with van der Waals surface area (Å²) < 4.78 is 0. The first-order chi connectivity index (χ1) is 11.8. The van der Waals surface area contributed by atoms with Crippen LogP contribution in [-0.4, -0.2) is 21.6 Å². The predicted octanol–water partition coefficient (Wildman–Crippen LogP) is 1.46. The van der Waals surface area contributed by atoms with Crippen LogP contribution in [0.15, 0.2) is 33.7 Å². The van der Waals surface area contributed by atoms with Crippen molar-refractivity contribution in [3.8, 4) is 0 Å². The molecule has 0 aromatic carbocycles. The summed E-state index contributed by atoms with van der Waals surface area (Å²) in [5, 5.41) is 3.32. The molecule has 2 aliphatic rings. The van der Waals surface area contributed by atoms with E-state index in [0.717, 1.165) is 25.7 Å². The van der Waals surface area contributed by atoms with Crippen molar-refractivity contribution in [1.82, 2.24) is 0 Å². The Kier molecular flexibility index (Phi) is 19.0. The van der Waals surface area contributed by atoms with Crippen LogP contribution in [0.2, 0.25) is 52.4 Å². The van der Waals surface area contributed by atoms with Crippen LogP contribution in [0.4, 0.5) is 0 Å². The fourth-order valence-electron chi connectivity index (χ4n) is 2.46. The van der Waals surface area contributed by atoms with Crippen molar-refractivity contribution in [3.63, 3.8) is 0 Å². The molecular weight excluding hydrogens is 598 g/mol. The summed E-state index contributed by atoms with van der Waals surface area (Å²) in [4.78, 5) is 0. The smallest absolute Gasteiger partial charge is 1.00 e. The van der Waals surface area contributed by atoms with E-state index in [1.807, 2.05) is 0 Å². The van der Waals surface area contributed by atoms with E-state index in [1.165, 1.54) is 34.1 Å². The second-order valence-corrected chi connectivity index (χ2v) is 32.4. The summed E-state index contributed by atoms with van der Waals surface area (Å²) in [6.45, 7) is 23.5. The number of rotatable bonds is 4. The molecule has 0 amide bonds. The van der Waals surface area contributed by atoms with Crippen molar-refractivity contribution >= 4 is 21.6 Å². The largest absolute Gasteiger partial charge is 1.00 e. The molecule has 2 rings (SSSR count). The molecule has 160 valence electrons. The second-order valence-electron chi connectivity index (χ2n) is 9.30. The van der Waals surface area contributed by atoms with Gasteiger partial charge in [0.2, 0.25) is 0 Å². The summed E-state index contributed by atoms with van der Waals surface area (Å²) in [6, 6.07) is 0. The Morgan fingerprint density at radius 2 is 1.04 bits per heavy atom. The third-order valence-corrected chi connectivity index (χ3v) is 8.89. The molecule has 0 saturated heterocycles. The van der Waals surface area contributed by atoms with Crippen LogP contribution < -0.4 is 24.8 Å². The summed E-state index contributed by atoms with van der Waals surface area (Å²) in [5.41, 5.74) is 3.10. The van der Waals surface area contributed by atoms with Crippen LogP contribution in [0.5, 0.6) is 0 Å². The molecule has 2 aliphatic carbocycles. The molecule has 6 heteroatoms. The molecule has 0 spiro atoms. The van der Waals surface area contributed by atoms with Gasteiger partial charge in [-0.05, 0) is 0 Å². The van der Waals surface area contributed by atoms with E-state index in [-0.39, 0.29) is 30.3 Å². The van der Waals surface area contributed by atoms with Gasteiger partial charge in [-0.2, -0.15) is 10.4 Å². The third-order valence-electron chi connectivity index (χ3n) is 4.40. The van der Waals surface area contributed by atoms with Crippen molar-refractivity contribution in [2.75, 3.05) is 0 Å². The van der Waals surface area contributed by atoms with E-state index in [4.69, 9.17) is 0 Å². The Morgan fingerprint density at radius 3 is 1.14 bits per heavy atom. The first kappa shape index (κ1) is 33.7. The summed E-state index contributed by atoms with van der Waals surface area (Å²) in [7, 11) is -2.01. The first-order valence-electron chi connectivity index (χ1n) is 9.94. The van der Waals surface area contributed by atoms with Gasteiger partial charge in [-0.25, -0.2) is 23.3 Å². The zero-order chi connectivity index (χ0) is 20.5. The van der Waals surface area contributed by atoms with Gasteiger partial charge in [0.1, 0.15) is 0 Å². The molecule has 0 unspecified atom stereocenters. The SMILES string of the molecule is CCC1=[C-]CC([Si](C)(C)C)=C1.CCC1=[C-]CC([Si](C)(C)C)=C1.C[Si](C)=[Hf+2].[Cl-].[Cl-]. The Hall–Kier alpha value is 1.06. The summed E-state index contributed by atoms with van der Waals surface area (Å²) in [6.07, 6.45) is 16.1. The maximum absolute atomic E-state index is 3.42. The maximum Gasteiger partial charge on any atom is -1.00 e. The average Bonchev–Trinajstić information content (AvgIpc) is 3.15.